The number of carbonyl (C=O) groups is 1. The van der Waals surface area contributed by atoms with E-state index in [9.17, 15) is 9.59 Å². The molecule has 3 rings (SSSR count). The molecule has 1 aromatic carbocycles. The normalized spacial score (nSPS) is 20.4. The van der Waals surface area contributed by atoms with E-state index in [2.05, 4.69) is 29.0 Å². The first kappa shape index (κ1) is 20.5. The zero-order chi connectivity index (χ0) is 20.1. The van der Waals surface area contributed by atoms with Gasteiger partial charge in [0.1, 0.15) is 0 Å². The first-order chi connectivity index (χ1) is 13.4. The second-order valence-corrected chi connectivity index (χ2v) is 8.37. The Kier molecular flexibility index (Phi) is 6.83. The number of carbonyl (C=O) groups excluding carboxylic acids is 1. The van der Waals surface area contributed by atoms with Gasteiger partial charge >= 0.3 is 0 Å². The molecule has 1 aliphatic rings. The number of fused-ring (bicyclic) bond motifs is 1. The number of hydrogen-bond donors (Lipinski definition) is 1. The van der Waals surface area contributed by atoms with Crippen molar-refractivity contribution in [3.63, 3.8) is 0 Å². The molecule has 152 valence electrons. The fraction of sp³-hybridized carbons (Fsp3) is 0.591. The van der Waals surface area contributed by atoms with Gasteiger partial charge < -0.3 is 10.2 Å². The molecule has 28 heavy (non-hydrogen) atoms. The lowest BCUT2D eigenvalue weighted by atomic mass is 9.92. The highest BCUT2D eigenvalue weighted by Gasteiger charge is 2.21. The van der Waals surface area contributed by atoms with Crippen LogP contribution in [0.1, 0.15) is 38.7 Å². The van der Waals surface area contributed by atoms with Crippen LogP contribution >= 0.6 is 0 Å². The highest BCUT2D eigenvalue weighted by atomic mass is 16.1. The summed E-state index contributed by atoms with van der Waals surface area (Å²) in [4.78, 5) is 31.6. The van der Waals surface area contributed by atoms with Crippen molar-refractivity contribution in [3.8, 4) is 0 Å². The summed E-state index contributed by atoms with van der Waals surface area (Å²) in [6.07, 6.45) is 4.11. The van der Waals surface area contributed by atoms with E-state index in [-0.39, 0.29) is 17.9 Å². The van der Waals surface area contributed by atoms with Crippen molar-refractivity contribution in [1.82, 2.24) is 19.8 Å². The highest BCUT2D eigenvalue weighted by molar-refractivity contribution is 5.80. The van der Waals surface area contributed by atoms with Crippen molar-refractivity contribution in [2.45, 2.75) is 46.6 Å². The van der Waals surface area contributed by atoms with Gasteiger partial charge in [0, 0.05) is 32.6 Å². The lowest BCUT2D eigenvalue weighted by Gasteiger charge is -2.34. The second-order valence-electron chi connectivity index (χ2n) is 8.37. The third-order valence-corrected chi connectivity index (χ3v) is 5.55. The number of aryl methyl sites for hydroxylation is 2. The molecule has 2 heterocycles. The van der Waals surface area contributed by atoms with Gasteiger partial charge in [0.25, 0.3) is 5.56 Å². The Morgan fingerprint density at radius 2 is 1.96 bits per heavy atom. The van der Waals surface area contributed by atoms with Crippen LogP contribution in [-0.4, -0.2) is 46.5 Å². The molecule has 0 unspecified atom stereocenters. The average molecular weight is 385 g/mol. The summed E-state index contributed by atoms with van der Waals surface area (Å²) < 4.78 is 1.53. The molecule has 2 aromatic rings. The molecule has 0 spiro atoms. The number of nitrogens with zero attached hydrogens (tertiary/aromatic N) is 3. The lowest BCUT2D eigenvalue weighted by Crippen LogP contribution is -2.40. The number of benzene rings is 1. The van der Waals surface area contributed by atoms with E-state index < -0.39 is 0 Å². The van der Waals surface area contributed by atoms with Gasteiger partial charge in [0.2, 0.25) is 5.91 Å². The third-order valence-electron chi connectivity index (χ3n) is 5.55. The van der Waals surface area contributed by atoms with Gasteiger partial charge in [-0.1, -0.05) is 26.0 Å². The Bertz CT molecular complexity index is 866. The Hall–Kier alpha value is -2.21. The molecule has 1 fully saturated rings. The smallest absolute Gasteiger partial charge is 0.261 e. The molecule has 0 radical (unpaired) electrons. The molecule has 1 aromatic heterocycles. The maximum absolute atomic E-state index is 12.6. The molecule has 1 aliphatic heterocycles. The van der Waals surface area contributed by atoms with Crippen LogP contribution in [0.15, 0.2) is 29.3 Å². The quantitative estimate of drug-likeness (QED) is 0.745. The number of amides is 1. The number of aromatic nitrogens is 2. The van der Waals surface area contributed by atoms with E-state index in [1.807, 2.05) is 19.1 Å². The summed E-state index contributed by atoms with van der Waals surface area (Å²) in [5, 5.41) is 3.58. The van der Waals surface area contributed by atoms with Gasteiger partial charge in [0.15, 0.2) is 0 Å². The molecule has 6 nitrogen and oxygen atoms in total. The number of likely N-dealkylation sites (tertiary alicyclic amines) is 1. The van der Waals surface area contributed by atoms with Crippen molar-refractivity contribution < 1.29 is 4.79 Å². The van der Waals surface area contributed by atoms with Crippen LogP contribution in [0, 0.1) is 18.8 Å². The second kappa shape index (κ2) is 9.32. The minimum absolute atomic E-state index is 0.0170. The van der Waals surface area contributed by atoms with Crippen LogP contribution in [-0.2, 0) is 11.3 Å². The summed E-state index contributed by atoms with van der Waals surface area (Å²) in [5.74, 6) is 1.50. The third kappa shape index (κ3) is 5.19. The summed E-state index contributed by atoms with van der Waals surface area (Å²) in [5.41, 5.74) is 1.63. The van der Waals surface area contributed by atoms with Crippen molar-refractivity contribution in [2.75, 3.05) is 26.2 Å². The zero-order valence-electron chi connectivity index (χ0n) is 17.3. The number of hydrogen-bond acceptors (Lipinski definition) is 4. The fourth-order valence-electron chi connectivity index (χ4n) is 4.31. The zero-order valence-corrected chi connectivity index (χ0v) is 17.3. The van der Waals surface area contributed by atoms with Crippen LogP contribution in [0.25, 0.3) is 10.9 Å². The highest BCUT2D eigenvalue weighted by Crippen LogP contribution is 2.20. The van der Waals surface area contributed by atoms with Gasteiger partial charge in [0.05, 0.1) is 17.2 Å². The number of piperidine rings is 1. The standard InChI is InChI=1S/C22H32N4O2/c1-16-12-17(2)14-25(13-16)10-5-9-23-20(27)8-11-26-15-24-21-18(3)6-4-7-19(21)22(26)28/h4,6-7,15-17H,5,8-14H2,1-3H3,(H,23,27)/t16-,17+. The number of rotatable bonds is 7. The maximum atomic E-state index is 12.6. The van der Waals surface area contributed by atoms with Gasteiger partial charge in [-0.05, 0) is 49.8 Å². The molecule has 6 heteroatoms. The molecule has 1 saturated heterocycles. The molecule has 1 N–H and O–H groups in total. The van der Waals surface area contributed by atoms with Crippen molar-refractivity contribution in [2.24, 2.45) is 11.8 Å². The summed E-state index contributed by atoms with van der Waals surface area (Å²) in [6.45, 7) is 11.0. The van der Waals surface area contributed by atoms with Crippen LogP contribution in [0.3, 0.4) is 0 Å². The summed E-state index contributed by atoms with van der Waals surface area (Å²) >= 11 is 0. The molecular formula is C22H32N4O2. The van der Waals surface area contributed by atoms with E-state index in [1.165, 1.54) is 11.0 Å². The Morgan fingerprint density at radius 3 is 2.71 bits per heavy atom. The van der Waals surface area contributed by atoms with E-state index in [1.54, 1.807) is 12.4 Å². The molecule has 2 atom stereocenters. The lowest BCUT2D eigenvalue weighted by molar-refractivity contribution is -0.121. The average Bonchev–Trinajstić information content (AvgIpc) is 2.64. The molecular weight excluding hydrogens is 352 g/mol. The van der Waals surface area contributed by atoms with E-state index in [0.29, 0.717) is 18.5 Å². The van der Waals surface area contributed by atoms with Gasteiger partial charge in [-0.15, -0.1) is 0 Å². The maximum Gasteiger partial charge on any atom is 0.261 e. The molecule has 0 aliphatic carbocycles. The molecule has 0 saturated carbocycles. The van der Waals surface area contributed by atoms with Gasteiger partial charge in [-0.3, -0.25) is 14.2 Å². The minimum atomic E-state index is -0.0881. The van der Waals surface area contributed by atoms with Crippen molar-refractivity contribution >= 4 is 16.8 Å². The fourth-order valence-corrected chi connectivity index (χ4v) is 4.31. The van der Waals surface area contributed by atoms with E-state index in [4.69, 9.17) is 0 Å². The number of para-hydroxylation sites is 1. The predicted molar refractivity (Wildman–Crippen MR) is 112 cm³/mol. The first-order valence-corrected chi connectivity index (χ1v) is 10.4. The Labute approximate surface area is 166 Å². The minimum Gasteiger partial charge on any atom is -0.356 e. The topological polar surface area (TPSA) is 67.2 Å². The SMILES string of the molecule is Cc1cccc2c(=O)n(CCC(=O)NCCCN3C[C@H](C)C[C@H](C)C3)cnc12. The Balaban J connectivity index is 1.43. The number of nitrogens with one attached hydrogen (secondary N) is 1. The molecule has 1 amide bonds. The van der Waals surface area contributed by atoms with Gasteiger partial charge in [-0.25, -0.2) is 4.98 Å². The summed E-state index contributed by atoms with van der Waals surface area (Å²) in [6, 6.07) is 5.59. The van der Waals surface area contributed by atoms with Crippen molar-refractivity contribution in [1.29, 1.82) is 0 Å². The van der Waals surface area contributed by atoms with Crippen molar-refractivity contribution in [3.05, 3.63) is 40.4 Å². The van der Waals surface area contributed by atoms with Crippen LogP contribution in [0.2, 0.25) is 0 Å². The van der Waals surface area contributed by atoms with Gasteiger partial charge in [-0.2, -0.15) is 0 Å². The monoisotopic (exact) mass is 384 g/mol. The van der Waals surface area contributed by atoms with Crippen LogP contribution in [0.4, 0.5) is 0 Å². The van der Waals surface area contributed by atoms with E-state index in [0.717, 1.165) is 49.0 Å². The largest absolute Gasteiger partial charge is 0.356 e. The van der Waals surface area contributed by atoms with Crippen LogP contribution < -0.4 is 10.9 Å². The Morgan fingerprint density at radius 1 is 1.21 bits per heavy atom. The first-order valence-electron chi connectivity index (χ1n) is 10.4. The van der Waals surface area contributed by atoms with E-state index >= 15 is 0 Å². The summed E-state index contributed by atoms with van der Waals surface area (Å²) in [7, 11) is 0. The molecule has 0 bridgehead atoms. The predicted octanol–water partition coefficient (Wildman–Crippen LogP) is 2.58. The van der Waals surface area contributed by atoms with Crippen LogP contribution in [0.5, 0.6) is 0 Å².